The molecule has 0 bridgehead atoms. The molecule has 4 rings (SSSR count). The van der Waals surface area contributed by atoms with Crippen LogP contribution in [0, 0.1) is 13.8 Å². The molecule has 0 saturated carbocycles. The molecule has 2 aromatic heterocycles. The van der Waals surface area contributed by atoms with Gasteiger partial charge in [0.2, 0.25) is 5.91 Å². The van der Waals surface area contributed by atoms with E-state index in [0.717, 1.165) is 33.7 Å². The van der Waals surface area contributed by atoms with E-state index in [-0.39, 0.29) is 17.6 Å². The molecule has 1 atom stereocenters. The van der Waals surface area contributed by atoms with Crippen molar-refractivity contribution in [3.63, 3.8) is 0 Å². The van der Waals surface area contributed by atoms with Crippen molar-refractivity contribution in [1.82, 2.24) is 19.5 Å². The second-order valence-electron chi connectivity index (χ2n) is 7.47. The first-order valence-electron chi connectivity index (χ1n) is 8.96. The van der Waals surface area contributed by atoms with Gasteiger partial charge in [-0.1, -0.05) is 12.1 Å². The summed E-state index contributed by atoms with van der Waals surface area (Å²) in [7, 11) is 3.91. The van der Waals surface area contributed by atoms with Gasteiger partial charge in [0.05, 0.1) is 0 Å². The maximum absolute atomic E-state index is 12.3. The molecule has 0 fully saturated rings. The van der Waals surface area contributed by atoms with Gasteiger partial charge in [-0.2, -0.15) is 0 Å². The lowest BCUT2D eigenvalue weighted by atomic mass is 9.86. The van der Waals surface area contributed by atoms with E-state index in [4.69, 9.17) is 4.98 Å². The molecule has 140 valence electrons. The number of carbonyl (C=O) groups excluding carboxylic acids is 1. The van der Waals surface area contributed by atoms with E-state index in [1.807, 2.05) is 51.0 Å². The number of aryl methyl sites for hydroxylation is 2. The number of aromatic hydroxyl groups is 1. The number of aromatic nitrogens is 3. The summed E-state index contributed by atoms with van der Waals surface area (Å²) in [6, 6.07) is 7.54. The highest BCUT2D eigenvalue weighted by Crippen LogP contribution is 2.40. The number of benzene rings is 1. The van der Waals surface area contributed by atoms with Crippen LogP contribution in [0.25, 0.3) is 5.65 Å². The van der Waals surface area contributed by atoms with Gasteiger partial charge in [0, 0.05) is 41.4 Å². The Balaban J connectivity index is 1.90. The molecule has 1 aliphatic heterocycles. The van der Waals surface area contributed by atoms with Gasteiger partial charge in [-0.25, -0.2) is 9.50 Å². The van der Waals surface area contributed by atoms with Crippen molar-refractivity contribution in [2.75, 3.05) is 19.4 Å². The summed E-state index contributed by atoms with van der Waals surface area (Å²) < 4.78 is 1.79. The zero-order chi connectivity index (χ0) is 19.3. The lowest BCUT2D eigenvalue weighted by molar-refractivity contribution is -0.116. The second kappa shape index (κ2) is 6.35. The first-order valence-corrected chi connectivity index (χ1v) is 8.96. The van der Waals surface area contributed by atoms with Gasteiger partial charge in [-0.15, -0.1) is 5.10 Å². The first-order chi connectivity index (χ1) is 12.8. The molecule has 7 nitrogen and oxygen atoms in total. The van der Waals surface area contributed by atoms with Crippen LogP contribution in [-0.2, 0) is 11.3 Å². The number of nitrogens with zero attached hydrogens (tertiary/aromatic N) is 4. The fraction of sp³-hybridized carbons (Fsp3) is 0.350. The number of anilines is 1. The van der Waals surface area contributed by atoms with Crippen molar-refractivity contribution >= 4 is 17.4 Å². The summed E-state index contributed by atoms with van der Waals surface area (Å²) in [4.78, 5) is 19.0. The van der Waals surface area contributed by atoms with Crippen LogP contribution in [0.1, 0.15) is 40.4 Å². The smallest absolute Gasteiger partial charge is 0.226 e. The molecule has 0 aliphatic carbocycles. The number of hydrogen-bond acceptors (Lipinski definition) is 5. The summed E-state index contributed by atoms with van der Waals surface area (Å²) >= 11 is 0. The molecule has 3 aromatic rings. The molecule has 2 N–H and O–H groups in total. The highest BCUT2D eigenvalue weighted by Gasteiger charge is 2.32. The number of hydrogen-bond donors (Lipinski definition) is 2. The minimum Gasteiger partial charge on any atom is -0.508 e. The highest BCUT2D eigenvalue weighted by molar-refractivity contribution is 5.96. The Morgan fingerprint density at radius 3 is 2.81 bits per heavy atom. The molecule has 27 heavy (non-hydrogen) atoms. The topological polar surface area (TPSA) is 82.8 Å². The van der Waals surface area contributed by atoms with E-state index in [0.29, 0.717) is 18.8 Å². The standard InChI is InChI=1S/C20H23N5O2/c1-11-7-12(2)25-20(21-11)18-15(9-17(27)22-19(18)23-25)13-5-6-16(26)14(8-13)10-24(3)4/h5-8,15,26H,9-10H2,1-4H3,(H,22,23,27). The Bertz CT molecular complexity index is 1050. The van der Waals surface area contributed by atoms with Crippen LogP contribution in [0.2, 0.25) is 0 Å². The molecule has 0 radical (unpaired) electrons. The maximum Gasteiger partial charge on any atom is 0.226 e. The van der Waals surface area contributed by atoms with Gasteiger partial charge >= 0.3 is 0 Å². The zero-order valence-corrected chi connectivity index (χ0v) is 15.9. The van der Waals surface area contributed by atoms with Crippen LogP contribution in [-0.4, -0.2) is 44.6 Å². The van der Waals surface area contributed by atoms with Gasteiger partial charge in [-0.05, 0) is 45.6 Å². The molecule has 0 spiro atoms. The fourth-order valence-electron chi connectivity index (χ4n) is 3.80. The minimum absolute atomic E-state index is 0.0625. The van der Waals surface area contributed by atoms with Crippen LogP contribution < -0.4 is 5.32 Å². The third-order valence-corrected chi connectivity index (χ3v) is 4.92. The van der Waals surface area contributed by atoms with E-state index in [1.54, 1.807) is 10.6 Å². The summed E-state index contributed by atoms with van der Waals surface area (Å²) in [5.41, 5.74) is 5.41. The van der Waals surface area contributed by atoms with E-state index in [2.05, 4.69) is 10.4 Å². The van der Waals surface area contributed by atoms with Gasteiger partial charge in [0.15, 0.2) is 11.5 Å². The van der Waals surface area contributed by atoms with Crippen molar-refractivity contribution in [1.29, 1.82) is 0 Å². The van der Waals surface area contributed by atoms with Gasteiger partial charge in [0.1, 0.15) is 5.75 Å². The lowest BCUT2D eigenvalue weighted by Gasteiger charge is -2.23. The van der Waals surface area contributed by atoms with Gasteiger partial charge in [0.25, 0.3) is 0 Å². The summed E-state index contributed by atoms with van der Waals surface area (Å²) in [6.45, 7) is 4.56. The molecule has 0 saturated heterocycles. The maximum atomic E-state index is 12.3. The second-order valence-corrected chi connectivity index (χ2v) is 7.47. The predicted octanol–water partition coefficient (Wildman–Crippen LogP) is 2.59. The quantitative estimate of drug-likeness (QED) is 0.745. The average Bonchev–Trinajstić information content (AvgIpc) is 2.94. The summed E-state index contributed by atoms with van der Waals surface area (Å²) in [5, 5.41) is 17.7. The average molecular weight is 365 g/mol. The number of fused-ring (bicyclic) bond motifs is 3. The van der Waals surface area contributed by atoms with E-state index < -0.39 is 0 Å². The number of phenolic OH excluding ortho intramolecular Hbond substituents is 1. The minimum atomic E-state index is -0.151. The molecular weight excluding hydrogens is 342 g/mol. The van der Waals surface area contributed by atoms with Gasteiger partial charge < -0.3 is 15.3 Å². The van der Waals surface area contributed by atoms with Crippen LogP contribution in [0.3, 0.4) is 0 Å². The monoisotopic (exact) mass is 365 g/mol. The Hall–Kier alpha value is -2.93. The number of nitrogens with one attached hydrogen (secondary N) is 1. The normalized spacial score (nSPS) is 16.6. The molecule has 1 amide bonds. The Kier molecular flexibility index (Phi) is 4.11. The predicted molar refractivity (Wildman–Crippen MR) is 103 cm³/mol. The van der Waals surface area contributed by atoms with Crippen molar-refractivity contribution in [2.45, 2.75) is 32.7 Å². The van der Waals surface area contributed by atoms with E-state index in [9.17, 15) is 9.90 Å². The molecular formula is C20H23N5O2. The molecule has 3 heterocycles. The SMILES string of the molecule is Cc1cc(C)n2nc3c(c2n1)C(c1ccc(O)c(CN(C)C)c1)CC(=O)N3. The Morgan fingerprint density at radius 2 is 2.07 bits per heavy atom. The van der Waals surface area contributed by atoms with Crippen LogP contribution in [0.5, 0.6) is 5.75 Å². The van der Waals surface area contributed by atoms with Gasteiger partial charge in [-0.3, -0.25) is 4.79 Å². The van der Waals surface area contributed by atoms with Crippen molar-refractivity contribution in [3.8, 4) is 5.75 Å². The molecule has 1 unspecified atom stereocenters. The third kappa shape index (κ3) is 3.04. The number of carbonyl (C=O) groups is 1. The summed E-state index contributed by atoms with van der Waals surface area (Å²) in [5.74, 6) is 0.617. The first kappa shape index (κ1) is 17.5. The molecule has 1 aliphatic rings. The number of amides is 1. The third-order valence-electron chi connectivity index (χ3n) is 4.92. The van der Waals surface area contributed by atoms with Crippen molar-refractivity contribution < 1.29 is 9.90 Å². The number of phenols is 1. The van der Waals surface area contributed by atoms with Crippen molar-refractivity contribution in [2.24, 2.45) is 0 Å². The molecule has 1 aromatic carbocycles. The lowest BCUT2D eigenvalue weighted by Crippen LogP contribution is -2.23. The van der Waals surface area contributed by atoms with Crippen LogP contribution >= 0.6 is 0 Å². The van der Waals surface area contributed by atoms with Crippen molar-refractivity contribution in [3.05, 3.63) is 52.3 Å². The summed E-state index contributed by atoms with van der Waals surface area (Å²) in [6.07, 6.45) is 0.329. The fourth-order valence-corrected chi connectivity index (χ4v) is 3.80. The van der Waals surface area contributed by atoms with E-state index >= 15 is 0 Å². The molecule has 7 heteroatoms. The Labute approximate surface area is 157 Å². The van der Waals surface area contributed by atoms with Crippen LogP contribution in [0.4, 0.5) is 5.82 Å². The van der Waals surface area contributed by atoms with Crippen LogP contribution in [0.15, 0.2) is 24.3 Å². The zero-order valence-electron chi connectivity index (χ0n) is 15.9. The largest absolute Gasteiger partial charge is 0.508 e. The Morgan fingerprint density at radius 1 is 1.30 bits per heavy atom. The number of rotatable bonds is 3. The van der Waals surface area contributed by atoms with E-state index in [1.165, 1.54) is 0 Å². The highest BCUT2D eigenvalue weighted by atomic mass is 16.3.